The SMILES string of the molecule is c1ccc2c(c1)CC(Nc1cn[nH]c1)C2. The number of nitrogens with zero attached hydrogens (tertiary/aromatic N) is 1. The van der Waals surface area contributed by atoms with Crippen molar-refractivity contribution >= 4 is 5.69 Å². The molecule has 1 heterocycles. The van der Waals surface area contributed by atoms with Crippen molar-refractivity contribution in [2.24, 2.45) is 0 Å². The van der Waals surface area contributed by atoms with Gasteiger partial charge in [-0.2, -0.15) is 5.10 Å². The lowest BCUT2D eigenvalue weighted by Crippen LogP contribution is -2.18. The van der Waals surface area contributed by atoms with Crippen LogP contribution in [0.2, 0.25) is 0 Å². The molecule has 0 fully saturated rings. The highest BCUT2D eigenvalue weighted by molar-refractivity contribution is 5.43. The Hall–Kier alpha value is -1.77. The van der Waals surface area contributed by atoms with E-state index in [1.807, 2.05) is 12.4 Å². The lowest BCUT2D eigenvalue weighted by Gasteiger charge is -2.10. The Bertz CT molecular complexity index is 420. The van der Waals surface area contributed by atoms with Gasteiger partial charge in [0.05, 0.1) is 11.9 Å². The Morgan fingerprint density at radius 2 is 1.93 bits per heavy atom. The van der Waals surface area contributed by atoms with Crippen molar-refractivity contribution < 1.29 is 0 Å². The van der Waals surface area contributed by atoms with Gasteiger partial charge in [-0.1, -0.05) is 24.3 Å². The predicted molar refractivity (Wildman–Crippen MR) is 59.8 cm³/mol. The van der Waals surface area contributed by atoms with Crippen molar-refractivity contribution in [3.8, 4) is 0 Å². The average Bonchev–Trinajstić information content (AvgIpc) is 2.86. The lowest BCUT2D eigenvalue weighted by atomic mass is 10.1. The zero-order chi connectivity index (χ0) is 10.1. The normalized spacial score (nSPS) is 15.2. The molecule has 0 bridgehead atoms. The minimum atomic E-state index is 0.514. The van der Waals surface area contributed by atoms with Crippen LogP contribution in [0.3, 0.4) is 0 Å². The van der Waals surface area contributed by atoms with E-state index in [2.05, 4.69) is 39.8 Å². The van der Waals surface area contributed by atoms with Gasteiger partial charge in [-0.15, -0.1) is 0 Å². The standard InChI is InChI=1S/C12H13N3/c1-2-4-10-6-11(5-9(10)3-1)15-12-7-13-14-8-12/h1-4,7-8,11,15H,5-6H2,(H,13,14). The second-order valence-electron chi connectivity index (χ2n) is 4.01. The minimum Gasteiger partial charge on any atom is -0.379 e. The molecule has 3 nitrogen and oxygen atoms in total. The molecular formula is C12H13N3. The molecule has 76 valence electrons. The van der Waals surface area contributed by atoms with Crippen molar-refractivity contribution in [1.82, 2.24) is 10.2 Å². The van der Waals surface area contributed by atoms with Crippen LogP contribution in [0.1, 0.15) is 11.1 Å². The molecule has 1 aromatic carbocycles. The van der Waals surface area contributed by atoms with Gasteiger partial charge in [0.1, 0.15) is 0 Å². The molecule has 2 aromatic rings. The second-order valence-corrected chi connectivity index (χ2v) is 4.01. The first-order chi connectivity index (χ1) is 7.42. The monoisotopic (exact) mass is 199 g/mol. The predicted octanol–water partition coefficient (Wildman–Crippen LogP) is 1.99. The van der Waals surface area contributed by atoms with Crippen molar-refractivity contribution in [2.75, 3.05) is 5.32 Å². The first-order valence-electron chi connectivity index (χ1n) is 5.24. The van der Waals surface area contributed by atoms with Crippen molar-refractivity contribution in [1.29, 1.82) is 0 Å². The summed E-state index contributed by atoms with van der Waals surface area (Å²) in [6.07, 6.45) is 5.94. The summed E-state index contributed by atoms with van der Waals surface area (Å²) >= 11 is 0. The Balaban J connectivity index is 1.74. The van der Waals surface area contributed by atoms with Crippen LogP contribution >= 0.6 is 0 Å². The fraction of sp³-hybridized carbons (Fsp3) is 0.250. The number of nitrogens with one attached hydrogen (secondary N) is 2. The molecule has 1 aliphatic rings. The number of benzene rings is 1. The van der Waals surface area contributed by atoms with Crippen LogP contribution in [0.15, 0.2) is 36.7 Å². The molecule has 0 amide bonds. The summed E-state index contributed by atoms with van der Waals surface area (Å²) in [5.41, 5.74) is 4.02. The van der Waals surface area contributed by atoms with Crippen LogP contribution in [0.5, 0.6) is 0 Å². The van der Waals surface area contributed by atoms with Gasteiger partial charge in [0.15, 0.2) is 0 Å². The van der Waals surface area contributed by atoms with Gasteiger partial charge in [-0.25, -0.2) is 0 Å². The van der Waals surface area contributed by atoms with Crippen molar-refractivity contribution in [3.63, 3.8) is 0 Å². The number of rotatable bonds is 2. The van der Waals surface area contributed by atoms with E-state index < -0.39 is 0 Å². The summed E-state index contributed by atoms with van der Waals surface area (Å²) in [6, 6.07) is 9.16. The van der Waals surface area contributed by atoms with Crippen LogP contribution in [0.4, 0.5) is 5.69 Å². The molecule has 0 spiro atoms. The Morgan fingerprint density at radius 1 is 1.20 bits per heavy atom. The van der Waals surface area contributed by atoms with Crippen molar-refractivity contribution in [2.45, 2.75) is 18.9 Å². The van der Waals surface area contributed by atoms with Crippen LogP contribution in [0, 0.1) is 0 Å². The molecule has 2 N–H and O–H groups in total. The molecule has 0 saturated heterocycles. The summed E-state index contributed by atoms with van der Waals surface area (Å²) in [6.45, 7) is 0. The minimum absolute atomic E-state index is 0.514. The largest absolute Gasteiger partial charge is 0.379 e. The first kappa shape index (κ1) is 8.53. The molecule has 0 saturated carbocycles. The van der Waals surface area contributed by atoms with Gasteiger partial charge in [-0.05, 0) is 24.0 Å². The summed E-state index contributed by atoms with van der Waals surface area (Å²) < 4.78 is 0. The first-order valence-corrected chi connectivity index (χ1v) is 5.24. The summed E-state index contributed by atoms with van der Waals surface area (Å²) in [5.74, 6) is 0. The molecule has 1 aromatic heterocycles. The van der Waals surface area contributed by atoms with Crippen LogP contribution < -0.4 is 5.32 Å². The van der Waals surface area contributed by atoms with E-state index in [9.17, 15) is 0 Å². The van der Waals surface area contributed by atoms with E-state index in [0.29, 0.717) is 6.04 Å². The van der Waals surface area contributed by atoms with E-state index in [1.165, 1.54) is 11.1 Å². The topological polar surface area (TPSA) is 40.7 Å². The van der Waals surface area contributed by atoms with Crippen LogP contribution in [-0.4, -0.2) is 16.2 Å². The third kappa shape index (κ3) is 1.61. The fourth-order valence-corrected chi connectivity index (χ4v) is 2.23. The molecule has 1 aliphatic carbocycles. The third-order valence-corrected chi connectivity index (χ3v) is 2.92. The van der Waals surface area contributed by atoms with Crippen LogP contribution in [0.25, 0.3) is 0 Å². The van der Waals surface area contributed by atoms with E-state index in [1.54, 1.807) is 0 Å². The highest BCUT2D eigenvalue weighted by atomic mass is 15.1. The van der Waals surface area contributed by atoms with E-state index in [4.69, 9.17) is 0 Å². The molecule has 0 atom stereocenters. The Labute approximate surface area is 88.5 Å². The highest BCUT2D eigenvalue weighted by Crippen LogP contribution is 2.23. The molecule has 3 heteroatoms. The number of H-pyrrole nitrogens is 1. The van der Waals surface area contributed by atoms with Crippen LogP contribution in [-0.2, 0) is 12.8 Å². The van der Waals surface area contributed by atoms with E-state index in [0.717, 1.165) is 18.5 Å². The quantitative estimate of drug-likeness (QED) is 0.776. The van der Waals surface area contributed by atoms with Gasteiger partial charge in [0, 0.05) is 12.2 Å². The molecule has 15 heavy (non-hydrogen) atoms. The Kier molecular flexibility index (Phi) is 1.95. The van der Waals surface area contributed by atoms with Gasteiger partial charge >= 0.3 is 0 Å². The number of aromatic amines is 1. The van der Waals surface area contributed by atoms with Gasteiger partial charge in [-0.3, -0.25) is 5.10 Å². The number of anilines is 1. The summed E-state index contributed by atoms with van der Waals surface area (Å²) in [4.78, 5) is 0. The zero-order valence-corrected chi connectivity index (χ0v) is 8.40. The van der Waals surface area contributed by atoms with Gasteiger partial charge in [0.25, 0.3) is 0 Å². The second kappa shape index (κ2) is 3.42. The van der Waals surface area contributed by atoms with E-state index in [-0.39, 0.29) is 0 Å². The number of aromatic nitrogens is 2. The Morgan fingerprint density at radius 3 is 2.53 bits per heavy atom. The summed E-state index contributed by atoms with van der Waals surface area (Å²) in [7, 11) is 0. The molecular weight excluding hydrogens is 186 g/mol. The smallest absolute Gasteiger partial charge is 0.0726 e. The van der Waals surface area contributed by atoms with Gasteiger partial charge < -0.3 is 5.32 Å². The highest BCUT2D eigenvalue weighted by Gasteiger charge is 2.20. The maximum absolute atomic E-state index is 3.93. The van der Waals surface area contributed by atoms with Gasteiger partial charge in [0.2, 0.25) is 0 Å². The molecule has 0 unspecified atom stereocenters. The average molecular weight is 199 g/mol. The molecule has 0 radical (unpaired) electrons. The maximum atomic E-state index is 3.93. The fourth-order valence-electron chi connectivity index (χ4n) is 2.23. The summed E-state index contributed by atoms with van der Waals surface area (Å²) in [5, 5.41) is 10.2. The maximum Gasteiger partial charge on any atom is 0.0726 e. The lowest BCUT2D eigenvalue weighted by molar-refractivity contribution is 0.774. The number of hydrogen-bond donors (Lipinski definition) is 2. The molecule has 0 aliphatic heterocycles. The third-order valence-electron chi connectivity index (χ3n) is 2.92. The van der Waals surface area contributed by atoms with E-state index >= 15 is 0 Å². The zero-order valence-electron chi connectivity index (χ0n) is 8.40. The number of hydrogen-bond acceptors (Lipinski definition) is 2. The molecule has 3 rings (SSSR count). The van der Waals surface area contributed by atoms with Crippen molar-refractivity contribution in [3.05, 3.63) is 47.8 Å². The number of fused-ring (bicyclic) bond motifs is 1.